The van der Waals surface area contributed by atoms with Crippen LogP contribution < -0.4 is 15.4 Å². The third kappa shape index (κ3) is 5.25. The van der Waals surface area contributed by atoms with Gasteiger partial charge in [0.1, 0.15) is 5.82 Å². The standard InChI is InChI=1S/C19H16FN3O2S2/c20-14-6-8-15(9-7-14)21-19(26)22-16-10-12-18(13-11-16)27(24,25)23-17-4-2-1-3-5-17/h1-13,23H,(H2,21,22,26). The fourth-order valence-electron chi connectivity index (χ4n) is 2.26. The SMILES string of the molecule is O=S(=O)(Nc1ccccc1)c1ccc(NC(=S)Nc2ccc(F)cc2)cc1. The first-order chi connectivity index (χ1) is 12.9. The van der Waals surface area contributed by atoms with Crippen molar-refractivity contribution in [3.8, 4) is 0 Å². The van der Waals surface area contributed by atoms with Crippen molar-refractivity contribution in [2.75, 3.05) is 15.4 Å². The fraction of sp³-hybridized carbons (Fsp3) is 0. The van der Waals surface area contributed by atoms with Crippen LogP contribution in [0.1, 0.15) is 0 Å². The second kappa shape index (κ2) is 8.15. The predicted octanol–water partition coefficient (Wildman–Crippen LogP) is 4.44. The number of sulfonamides is 1. The van der Waals surface area contributed by atoms with Crippen LogP contribution in [0.5, 0.6) is 0 Å². The summed E-state index contributed by atoms with van der Waals surface area (Å²) in [5, 5.41) is 6.17. The molecule has 27 heavy (non-hydrogen) atoms. The first kappa shape index (κ1) is 18.8. The maximum absolute atomic E-state index is 12.9. The lowest BCUT2D eigenvalue weighted by Gasteiger charge is -2.12. The molecule has 0 aromatic heterocycles. The van der Waals surface area contributed by atoms with Crippen LogP contribution in [0.4, 0.5) is 21.5 Å². The van der Waals surface area contributed by atoms with E-state index in [4.69, 9.17) is 12.2 Å². The van der Waals surface area contributed by atoms with E-state index in [1.807, 2.05) is 0 Å². The number of hydrogen-bond donors (Lipinski definition) is 3. The van der Waals surface area contributed by atoms with Crippen LogP contribution in [-0.4, -0.2) is 13.5 Å². The van der Waals surface area contributed by atoms with Crippen molar-refractivity contribution in [3.05, 3.63) is 84.7 Å². The van der Waals surface area contributed by atoms with Crippen LogP contribution in [0.25, 0.3) is 0 Å². The van der Waals surface area contributed by atoms with Gasteiger partial charge in [-0.3, -0.25) is 4.72 Å². The summed E-state index contributed by atoms with van der Waals surface area (Å²) in [5.74, 6) is -0.333. The average Bonchev–Trinajstić information content (AvgIpc) is 2.64. The molecule has 0 atom stereocenters. The van der Waals surface area contributed by atoms with E-state index in [0.717, 1.165) is 0 Å². The van der Waals surface area contributed by atoms with Gasteiger partial charge in [0, 0.05) is 17.1 Å². The highest BCUT2D eigenvalue weighted by molar-refractivity contribution is 7.92. The third-order valence-electron chi connectivity index (χ3n) is 3.55. The molecule has 0 saturated carbocycles. The van der Waals surface area contributed by atoms with Crippen molar-refractivity contribution < 1.29 is 12.8 Å². The molecule has 0 bridgehead atoms. The number of hydrogen-bond acceptors (Lipinski definition) is 3. The molecule has 0 fully saturated rings. The molecule has 0 amide bonds. The number of halogens is 1. The molecule has 8 heteroatoms. The van der Waals surface area contributed by atoms with E-state index in [1.165, 1.54) is 24.3 Å². The molecule has 0 radical (unpaired) electrons. The molecule has 0 saturated heterocycles. The maximum atomic E-state index is 12.9. The minimum atomic E-state index is -3.67. The molecule has 0 aliphatic rings. The Morgan fingerprint density at radius 3 is 1.81 bits per heavy atom. The van der Waals surface area contributed by atoms with Crippen LogP contribution in [0, 0.1) is 5.82 Å². The Morgan fingerprint density at radius 2 is 1.26 bits per heavy atom. The Labute approximate surface area is 162 Å². The number of nitrogens with one attached hydrogen (secondary N) is 3. The molecule has 0 heterocycles. The van der Waals surface area contributed by atoms with Gasteiger partial charge in [-0.25, -0.2) is 12.8 Å². The van der Waals surface area contributed by atoms with Gasteiger partial charge in [-0.1, -0.05) is 18.2 Å². The summed E-state index contributed by atoms with van der Waals surface area (Å²) in [6.45, 7) is 0. The molecule has 3 N–H and O–H groups in total. The van der Waals surface area contributed by atoms with Crippen molar-refractivity contribution in [3.63, 3.8) is 0 Å². The lowest BCUT2D eigenvalue weighted by atomic mass is 10.3. The Kier molecular flexibility index (Phi) is 5.68. The zero-order valence-electron chi connectivity index (χ0n) is 14.0. The molecule has 138 valence electrons. The number of anilines is 3. The molecule has 0 spiro atoms. The summed E-state index contributed by atoms with van der Waals surface area (Å²) >= 11 is 5.20. The van der Waals surface area contributed by atoms with Gasteiger partial charge in [0.2, 0.25) is 0 Å². The highest BCUT2D eigenvalue weighted by atomic mass is 32.2. The Balaban J connectivity index is 1.64. The van der Waals surface area contributed by atoms with E-state index in [1.54, 1.807) is 54.6 Å². The smallest absolute Gasteiger partial charge is 0.261 e. The van der Waals surface area contributed by atoms with Crippen LogP contribution >= 0.6 is 12.2 Å². The van der Waals surface area contributed by atoms with E-state index >= 15 is 0 Å². The van der Waals surface area contributed by atoms with Crippen LogP contribution in [0.15, 0.2) is 83.8 Å². The average molecular weight is 401 g/mol. The third-order valence-corrected chi connectivity index (χ3v) is 5.15. The second-order valence-corrected chi connectivity index (χ2v) is 7.67. The zero-order valence-corrected chi connectivity index (χ0v) is 15.6. The van der Waals surface area contributed by atoms with Gasteiger partial charge in [-0.05, 0) is 72.9 Å². The van der Waals surface area contributed by atoms with Gasteiger partial charge in [0.25, 0.3) is 10.0 Å². The minimum Gasteiger partial charge on any atom is -0.332 e. The quantitative estimate of drug-likeness (QED) is 0.552. The number of thiocarbonyl (C=S) groups is 1. The maximum Gasteiger partial charge on any atom is 0.261 e. The molecule has 0 aliphatic carbocycles. The highest BCUT2D eigenvalue weighted by Gasteiger charge is 2.14. The van der Waals surface area contributed by atoms with Gasteiger partial charge in [-0.2, -0.15) is 0 Å². The summed E-state index contributed by atoms with van der Waals surface area (Å²) in [7, 11) is -3.67. The van der Waals surface area contributed by atoms with Crippen molar-refractivity contribution in [2.45, 2.75) is 4.90 Å². The number of para-hydroxylation sites is 1. The molecule has 0 unspecified atom stereocenters. The van der Waals surface area contributed by atoms with Crippen molar-refractivity contribution in [1.82, 2.24) is 0 Å². The Bertz CT molecular complexity index is 1020. The van der Waals surface area contributed by atoms with Gasteiger partial charge < -0.3 is 10.6 Å². The largest absolute Gasteiger partial charge is 0.332 e. The lowest BCUT2D eigenvalue weighted by Crippen LogP contribution is -2.19. The molecular formula is C19H16FN3O2S2. The van der Waals surface area contributed by atoms with Gasteiger partial charge in [-0.15, -0.1) is 0 Å². The van der Waals surface area contributed by atoms with Gasteiger partial charge in [0.05, 0.1) is 4.90 Å². The number of benzene rings is 3. The zero-order chi connectivity index (χ0) is 19.3. The Morgan fingerprint density at radius 1 is 0.741 bits per heavy atom. The van der Waals surface area contributed by atoms with E-state index in [0.29, 0.717) is 22.2 Å². The van der Waals surface area contributed by atoms with Crippen molar-refractivity contribution in [1.29, 1.82) is 0 Å². The molecule has 3 rings (SSSR count). The fourth-order valence-corrected chi connectivity index (χ4v) is 3.56. The summed E-state index contributed by atoms with van der Waals surface area (Å²) in [6, 6.07) is 20.6. The van der Waals surface area contributed by atoms with Crippen molar-refractivity contribution >= 4 is 44.4 Å². The van der Waals surface area contributed by atoms with Crippen LogP contribution in [0.2, 0.25) is 0 Å². The molecule has 0 aliphatic heterocycles. The van der Waals surface area contributed by atoms with E-state index in [2.05, 4.69) is 15.4 Å². The first-order valence-corrected chi connectivity index (χ1v) is 9.83. The van der Waals surface area contributed by atoms with Gasteiger partial charge in [0.15, 0.2) is 5.11 Å². The van der Waals surface area contributed by atoms with Crippen LogP contribution in [-0.2, 0) is 10.0 Å². The minimum absolute atomic E-state index is 0.134. The summed E-state index contributed by atoms with van der Waals surface area (Å²) < 4.78 is 40.2. The molecule has 3 aromatic carbocycles. The summed E-state index contributed by atoms with van der Waals surface area (Å²) in [6.07, 6.45) is 0. The van der Waals surface area contributed by atoms with E-state index in [-0.39, 0.29) is 10.7 Å². The molecular weight excluding hydrogens is 385 g/mol. The summed E-state index contributed by atoms with van der Waals surface area (Å²) in [5.41, 5.74) is 1.75. The lowest BCUT2D eigenvalue weighted by molar-refractivity contribution is 0.601. The summed E-state index contributed by atoms with van der Waals surface area (Å²) in [4.78, 5) is 0.134. The Hall–Kier alpha value is -2.97. The molecule has 3 aromatic rings. The van der Waals surface area contributed by atoms with Gasteiger partial charge >= 0.3 is 0 Å². The normalized spacial score (nSPS) is 10.9. The van der Waals surface area contributed by atoms with Crippen LogP contribution in [0.3, 0.4) is 0 Å². The second-order valence-electron chi connectivity index (χ2n) is 5.58. The van der Waals surface area contributed by atoms with E-state index < -0.39 is 10.0 Å². The van der Waals surface area contributed by atoms with Crippen molar-refractivity contribution in [2.24, 2.45) is 0 Å². The molecule has 5 nitrogen and oxygen atoms in total. The topological polar surface area (TPSA) is 70.2 Å². The predicted molar refractivity (Wildman–Crippen MR) is 110 cm³/mol. The number of rotatable bonds is 5. The van der Waals surface area contributed by atoms with E-state index in [9.17, 15) is 12.8 Å². The first-order valence-electron chi connectivity index (χ1n) is 7.94. The highest BCUT2D eigenvalue weighted by Crippen LogP contribution is 2.18. The monoisotopic (exact) mass is 401 g/mol.